The van der Waals surface area contributed by atoms with Crippen molar-refractivity contribution in [1.82, 2.24) is 5.06 Å². The van der Waals surface area contributed by atoms with Crippen LogP contribution in [0.25, 0.3) is 0 Å². The van der Waals surface area contributed by atoms with E-state index < -0.39 is 0 Å². The molecule has 2 rings (SSSR count). The molecule has 1 heterocycles. The monoisotopic (exact) mass is 135 g/mol. The van der Waals surface area contributed by atoms with Gasteiger partial charge in [0.2, 0.25) is 0 Å². The Balaban J connectivity index is 2.34. The minimum Gasteiger partial charge on any atom is -0.289 e. The van der Waals surface area contributed by atoms with Crippen LogP contribution in [0, 0.1) is 0 Å². The van der Waals surface area contributed by atoms with Crippen molar-refractivity contribution in [3.63, 3.8) is 0 Å². The molecule has 0 aromatic heterocycles. The van der Waals surface area contributed by atoms with Crippen molar-refractivity contribution in [2.45, 2.75) is 6.42 Å². The van der Waals surface area contributed by atoms with E-state index in [2.05, 4.69) is 12.2 Å². The summed E-state index contributed by atoms with van der Waals surface area (Å²) in [5.41, 5.74) is 2.39. The molecule has 10 heavy (non-hydrogen) atoms. The van der Waals surface area contributed by atoms with Gasteiger partial charge in [0, 0.05) is 6.20 Å². The van der Waals surface area contributed by atoms with Gasteiger partial charge in [-0.2, -0.15) is 0 Å². The van der Waals surface area contributed by atoms with E-state index >= 15 is 0 Å². The minimum atomic E-state index is 0.652. The van der Waals surface area contributed by atoms with Gasteiger partial charge in [0.1, 0.15) is 0 Å². The molecule has 0 aromatic rings. The summed E-state index contributed by atoms with van der Waals surface area (Å²) in [5, 5.41) is 10.3. The molecule has 0 bridgehead atoms. The van der Waals surface area contributed by atoms with Crippen molar-refractivity contribution < 1.29 is 5.21 Å². The van der Waals surface area contributed by atoms with Crippen LogP contribution in [-0.2, 0) is 0 Å². The van der Waals surface area contributed by atoms with Crippen LogP contribution in [0.4, 0.5) is 0 Å². The Morgan fingerprint density at radius 2 is 2.40 bits per heavy atom. The molecule has 0 aromatic carbocycles. The number of allylic oxidation sites excluding steroid dienone is 3. The van der Waals surface area contributed by atoms with Crippen LogP contribution in [0.5, 0.6) is 0 Å². The van der Waals surface area contributed by atoms with Crippen LogP contribution >= 0.6 is 0 Å². The highest BCUT2D eigenvalue weighted by Crippen LogP contribution is 2.24. The van der Waals surface area contributed by atoms with Crippen molar-refractivity contribution in [2.75, 3.05) is 6.54 Å². The third-order valence-corrected chi connectivity index (χ3v) is 1.79. The fourth-order valence-corrected chi connectivity index (χ4v) is 1.29. The number of fused-ring (bicyclic) bond motifs is 1. The summed E-state index contributed by atoms with van der Waals surface area (Å²) in [7, 11) is 0. The molecule has 0 atom stereocenters. The summed E-state index contributed by atoms with van der Waals surface area (Å²) in [4.78, 5) is 0. The molecule has 2 nitrogen and oxygen atoms in total. The smallest absolute Gasteiger partial charge is 0.0700 e. The number of hydroxylamine groups is 2. The number of hydrogen-bond donors (Lipinski definition) is 1. The largest absolute Gasteiger partial charge is 0.289 e. The van der Waals surface area contributed by atoms with Gasteiger partial charge >= 0.3 is 0 Å². The van der Waals surface area contributed by atoms with E-state index in [1.165, 1.54) is 10.6 Å². The van der Waals surface area contributed by atoms with Gasteiger partial charge in [-0.3, -0.25) is 10.3 Å². The van der Waals surface area contributed by atoms with Gasteiger partial charge in [-0.25, -0.2) is 0 Å². The van der Waals surface area contributed by atoms with Gasteiger partial charge in [-0.05, 0) is 17.6 Å². The standard InChI is InChI=1S/C8H9NO/c10-9-5-7-3-1-2-4-8(7)6-9/h1,3-5,10H,2,6H2. The van der Waals surface area contributed by atoms with Crippen LogP contribution in [-0.4, -0.2) is 16.8 Å². The Labute approximate surface area is 59.7 Å². The van der Waals surface area contributed by atoms with Crippen molar-refractivity contribution in [2.24, 2.45) is 0 Å². The Hall–Kier alpha value is -1.02. The molecule has 2 aliphatic rings. The van der Waals surface area contributed by atoms with E-state index in [-0.39, 0.29) is 0 Å². The quantitative estimate of drug-likeness (QED) is 0.543. The lowest BCUT2D eigenvalue weighted by Crippen LogP contribution is -2.07. The van der Waals surface area contributed by atoms with Gasteiger partial charge in [0.05, 0.1) is 6.54 Å². The normalized spacial score (nSPS) is 22.3. The molecule has 52 valence electrons. The Morgan fingerprint density at radius 1 is 1.50 bits per heavy atom. The molecule has 1 N–H and O–H groups in total. The van der Waals surface area contributed by atoms with Gasteiger partial charge in [0.15, 0.2) is 0 Å². The Morgan fingerprint density at radius 3 is 3.20 bits per heavy atom. The number of hydrogen-bond acceptors (Lipinski definition) is 2. The third kappa shape index (κ3) is 0.772. The molecular formula is C8H9NO. The summed E-state index contributed by atoms with van der Waals surface area (Å²) in [6.07, 6.45) is 9.03. The lowest BCUT2D eigenvalue weighted by Gasteiger charge is -2.04. The van der Waals surface area contributed by atoms with Crippen molar-refractivity contribution in [1.29, 1.82) is 0 Å². The molecule has 0 fully saturated rings. The topological polar surface area (TPSA) is 23.5 Å². The fourth-order valence-electron chi connectivity index (χ4n) is 1.29. The second-order valence-corrected chi connectivity index (χ2v) is 2.55. The third-order valence-electron chi connectivity index (χ3n) is 1.79. The molecule has 0 amide bonds. The molecule has 0 saturated heterocycles. The van der Waals surface area contributed by atoms with E-state index in [9.17, 15) is 0 Å². The lowest BCUT2D eigenvalue weighted by atomic mass is 10.0. The number of nitrogens with zero attached hydrogens (tertiary/aromatic N) is 1. The SMILES string of the molecule is ON1C=C2C=CCC=C2C1. The lowest BCUT2D eigenvalue weighted by molar-refractivity contribution is -0.0251. The van der Waals surface area contributed by atoms with E-state index in [4.69, 9.17) is 5.21 Å². The second-order valence-electron chi connectivity index (χ2n) is 2.55. The Bertz CT molecular complexity index is 238. The maximum atomic E-state index is 9.04. The molecule has 1 aliphatic heterocycles. The first-order chi connectivity index (χ1) is 4.86. The summed E-state index contributed by atoms with van der Waals surface area (Å²) < 4.78 is 0. The van der Waals surface area contributed by atoms with Gasteiger partial charge in [-0.1, -0.05) is 18.2 Å². The van der Waals surface area contributed by atoms with Gasteiger partial charge in [0.25, 0.3) is 0 Å². The van der Waals surface area contributed by atoms with E-state index in [1.54, 1.807) is 6.20 Å². The zero-order valence-corrected chi connectivity index (χ0v) is 5.62. The van der Waals surface area contributed by atoms with Gasteiger partial charge < -0.3 is 0 Å². The summed E-state index contributed by atoms with van der Waals surface area (Å²) >= 11 is 0. The molecular weight excluding hydrogens is 126 g/mol. The summed E-state index contributed by atoms with van der Waals surface area (Å²) in [6, 6.07) is 0. The zero-order valence-electron chi connectivity index (χ0n) is 5.62. The van der Waals surface area contributed by atoms with Crippen molar-refractivity contribution in [3.8, 4) is 0 Å². The molecule has 1 aliphatic carbocycles. The summed E-state index contributed by atoms with van der Waals surface area (Å²) in [6.45, 7) is 0.652. The van der Waals surface area contributed by atoms with Crippen LogP contribution in [0.1, 0.15) is 6.42 Å². The van der Waals surface area contributed by atoms with E-state index in [0.29, 0.717) is 6.54 Å². The maximum Gasteiger partial charge on any atom is 0.0700 e. The van der Waals surface area contributed by atoms with E-state index in [0.717, 1.165) is 12.0 Å². The Kier molecular flexibility index (Phi) is 1.14. The maximum absolute atomic E-state index is 9.04. The highest BCUT2D eigenvalue weighted by molar-refractivity contribution is 5.46. The van der Waals surface area contributed by atoms with Crippen LogP contribution in [0.15, 0.2) is 35.6 Å². The van der Waals surface area contributed by atoms with Crippen molar-refractivity contribution >= 4 is 0 Å². The molecule has 2 heteroatoms. The van der Waals surface area contributed by atoms with Crippen LogP contribution in [0.3, 0.4) is 0 Å². The highest BCUT2D eigenvalue weighted by atomic mass is 16.5. The first kappa shape index (κ1) is 5.74. The van der Waals surface area contributed by atoms with Gasteiger partial charge in [-0.15, -0.1) is 0 Å². The van der Waals surface area contributed by atoms with Crippen molar-refractivity contribution in [3.05, 3.63) is 35.6 Å². The molecule has 0 unspecified atom stereocenters. The first-order valence-electron chi connectivity index (χ1n) is 3.39. The minimum absolute atomic E-state index is 0.652. The highest BCUT2D eigenvalue weighted by Gasteiger charge is 2.14. The zero-order chi connectivity index (χ0) is 6.97. The molecule has 0 radical (unpaired) electrons. The second kappa shape index (κ2) is 1.99. The summed E-state index contributed by atoms with van der Waals surface area (Å²) in [5.74, 6) is 0. The van der Waals surface area contributed by atoms with E-state index in [1.807, 2.05) is 6.08 Å². The fraction of sp³-hybridized carbons (Fsp3) is 0.250. The molecule has 0 saturated carbocycles. The number of rotatable bonds is 0. The average Bonchev–Trinajstić information content (AvgIpc) is 2.27. The van der Waals surface area contributed by atoms with Crippen LogP contribution in [0.2, 0.25) is 0 Å². The first-order valence-corrected chi connectivity index (χ1v) is 3.39. The average molecular weight is 135 g/mol. The van der Waals surface area contributed by atoms with Crippen LogP contribution < -0.4 is 0 Å². The predicted molar refractivity (Wildman–Crippen MR) is 38.4 cm³/mol. The molecule has 0 spiro atoms. The predicted octanol–water partition coefficient (Wildman–Crippen LogP) is 1.46.